The van der Waals surface area contributed by atoms with Gasteiger partial charge in [0.1, 0.15) is 22.9 Å². The number of allylic oxidation sites excluding steroid dienone is 4. The Kier molecular flexibility index (Phi) is 11.8. The largest absolute Gasteiger partial charge is 0.344 e. The topological polar surface area (TPSA) is 61.6 Å². The van der Waals surface area contributed by atoms with Crippen LogP contribution in [0.3, 0.4) is 0 Å². The first kappa shape index (κ1) is 31.7. The first-order valence-corrected chi connectivity index (χ1v) is 14.6. The second-order valence-electron chi connectivity index (χ2n) is 10.7. The fourth-order valence-electron chi connectivity index (χ4n) is 4.86. The van der Waals surface area contributed by atoms with E-state index in [4.69, 9.17) is 0 Å². The third-order valence-corrected chi connectivity index (χ3v) is 7.06. The van der Waals surface area contributed by atoms with Crippen LogP contribution < -0.4 is 5.32 Å². The summed E-state index contributed by atoms with van der Waals surface area (Å²) < 4.78 is 17.3. The highest BCUT2D eigenvalue weighted by Gasteiger charge is 2.28. The molecule has 1 atom stereocenters. The maximum Gasteiger partial charge on any atom is 0.129 e. The molecule has 220 valence electrons. The van der Waals surface area contributed by atoms with Crippen LogP contribution in [-0.2, 0) is 0 Å². The van der Waals surface area contributed by atoms with Crippen LogP contribution in [0.5, 0.6) is 0 Å². The Labute approximate surface area is 245 Å². The van der Waals surface area contributed by atoms with Crippen LogP contribution in [0.4, 0.5) is 4.39 Å². The van der Waals surface area contributed by atoms with Gasteiger partial charge in [0.05, 0.1) is 12.1 Å². The molecule has 8 heteroatoms. The minimum atomic E-state index is -0.176. The second kappa shape index (κ2) is 15.3. The Morgan fingerprint density at radius 2 is 2.00 bits per heavy atom. The predicted molar refractivity (Wildman–Crippen MR) is 170 cm³/mol. The van der Waals surface area contributed by atoms with Crippen molar-refractivity contribution in [3.8, 4) is 0 Å². The first-order chi connectivity index (χ1) is 19.7. The molecule has 0 fully saturated rings. The van der Waals surface area contributed by atoms with Crippen molar-refractivity contribution in [2.24, 2.45) is 4.99 Å². The minimum Gasteiger partial charge on any atom is -0.344 e. The summed E-state index contributed by atoms with van der Waals surface area (Å²) in [5, 5.41) is 16.6. The first-order valence-electron chi connectivity index (χ1n) is 14.6. The molecular formula is C33H46FN7. The number of hydrogen-bond acceptors (Lipinski definition) is 6. The van der Waals surface area contributed by atoms with Crippen LogP contribution in [0.15, 0.2) is 95.8 Å². The SMILES string of the molecule is C=C/C=C(\N=C(C)C)NC(=C)CC(=C)N(CC1=CCCC(F)=C1n1nnc2ccccc21)N(CCCC)C(C)CC. The van der Waals surface area contributed by atoms with Gasteiger partial charge < -0.3 is 10.3 Å². The molecule has 0 bridgehead atoms. The summed E-state index contributed by atoms with van der Waals surface area (Å²) in [5.41, 5.74) is 5.41. The fourth-order valence-corrected chi connectivity index (χ4v) is 4.86. The number of unbranched alkanes of at least 4 members (excludes halogenated alkanes) is 1. The standard InChI is InChI=1S/C33H46FN7/c1-9-12-21-39(26(7)11-3)40(27(8)22-25(6)36-32(16-10-2)35-24(4)5)23-28-17-15-18-29(34)33(28)41-31-20-14-13-19-30(31)37-38-41/h10,13-14,16-17,19-20,26,36H,2,6,8-9,11-12,15,18,21-23H2,1,3-5,7H3/b32-16+. The fraction of sp³-hybridized carbons (Fsp3) is 0.424. The number of rotatable bonds is 16. The van der Waals surface area contributed by atoms with Crippen LogP contribution in [-0.4, -0.2) is 49.9 Å². The Hall–Kier alpha value is -3.78. The van der Waals surface area contributed by atoms with Gasteiger partial charge in [-0.1, -0.05) is 69.5 Å². The molecule has 1 aromatic heterocycles. The van der Waals surface area contributed by atoms with E-state index < -0.39 is 0 Å². The van der Waals surface area contributed by atoms with Crippen molar-refractivity contribution < 1.29 is 4.39 Å². The Morgan fingerprint density at radius 3 is 2.68 bits per heavy atom. The lowest BCUT2D eigenvalue weighted by Crippen LogP contribution is -2.48. The maximum absolute atomic E-state index is 15.6. The molecule has 1 aliphatic carbocycles. The number of para-hydroxylation sites is 1. The number of aromatic nitrogens is 3. The number of nitrogens with one attached hydrogen (secondary N) is 1. The number of hydrazine groups is 1. The molecule has 0 saturated carbocycles. The molecule has 0 aliphatic heterocycles. The number of fused-ring (bicyclic) bond motifs is 1. The molecule has 1 unspecified atom stereocenters. The number of aliphatic imine (C=N–C) groups is 1. The lowest BCUT2D eigenvalue weighted by molar-refractivity contribution is -0.0227. The molecule has 3 rings (SSSR count). The normalized spacial score (nSPS) is 14.6. The van der Waals surface area contributed by atoms with E-state index in [-0.39, 0.29) is 11.9 Å². The van der Waals surface area contributed by atoms with Crippen molar-refractivity contribution in [1.82, 2.24) is 30.3 Å². The number of benzene rings is 1. The Bertz CT molecular complexity index is 1360. The highest BCUT2D eigenvalue weighted by Crippen LogP contribution is 2.34. The van der Waals surface area contributed by atoms with E-state index in [0.29, 0.717) is 37.3 Å². The summed E-state index contributed by atoms with van der Waals surface area (Å²) in [7, 11) is 0. The van der Waals surface area contributed by atoms with Crippen LogP contribution in [0, 0.1) is 0 Å². The van der Waals surface area contributed by atoms with Crippen LogP contribution in [0.25, 0.3) is 16.7 Å². The predicted octanol–water partition coefficient (Wildman–Crippen LogP) is 7.92. The highest BCUT2D eigenvalue weighted by molar-refractivity contribution is 5.82. The van der Waals surface area contributed by atoms with Gasteiger partial charge in [-0.2, -0.15) is 0 Å². The third-order valence-electron chi connectivity index (χ3n) is 7.06. The molecule has 7 nitrogen and oxygen atoms in total. The van der Waals surface area contributed by atoms with E-state index >= 15 is 4.39 Å². The molecule has 2 aromatic rings. The van der Waals surface area contributed by atoms with E-state index in [1.54, 1.807) is 10.8 Å². The van der Waals surface area contributed by atoms with Gasteiger partial charge >= 0.3 is 0 Å². The highest BCUT2D eigenvalue weighted by atomic mass is 19.1. The lowest BCUT2D eigenvalue weighted by Gasteiger charge is -2.42. The molecule has 41 heavy (non-hydrogen) atoms. The van der Waals surface area contributed by atoms with Gasteiger partial charge in [0.15, 0.2) is 0 Å². The zero-order valence-electron chi connectivity index (χ0n) is 25.5. The molecule has 0 radical (unpaired) electrons. The summed E-state index contributed by atoms with van der Waals surface area (Å²) in [5.74, 6) is 0.500. The van der Waals surface area contributed by atoms with Crippen LogP contribution >= 0.6 is 0 Å². The molecule has 1 heterocycles. The lowest BCUT2D eigenvalue weighted by atomic mass is 10.0. The van der Waals surface area contributed by atoms with E-state index in [1.165, 1.54) is 0 Å². The zero-order chi connectivity index (χ0) is 29.9. The maximum atomic E-state index is 15.6. The molecule has 0 spiro atoms. The monoisotopic (exact) mass is 559 g/mol. The average molecular weight is 560 g/mol. The summed E-state index contributed by atoms with van der Waals surface area (Å²) in [6, 6.07) is 7.92. The van der Waals surface area contributed by atoms with Gasteiger partial charge in [0.2, 0.25) is 0 Å². The minimum absolute atomic E-state index is 0.176. The van der Waals surface area contributed by atoms with Gasteiger partial charge in [0, 0.05) is 42.5 Å². The van der Waals surface area contributed by atoms with Crippen molar-refractivity contribution in [2.45, 2.75) is 79.2 Å². The van der Waals surface area contributed by atoms with Gasteiger partial charge in [-0.05, 0) is 63.8 Å². The summed E-state index contributed by atoms with van der Waals surface area (Å²) >= 11 is 0. The summed E-state index contributed by atoms with van der Waals surface area (Å²) in [6.45, 7) is 24.4. The Balaban J connectivity index is 1.97. The van der Waals surface area contributed by atoms with Crippen molar-refractivity contribution >= 4 is 22.4 Å². The molecular weight excluding hydrogens is 513 g/mol. The average Bonchev–Trinajstić information content (AvgIpc) is 3.35. The quantitative estimate of drug-likeness (QED) is 0.129. The molecule has 1 N–H and O–H groups in total. The number of hydrogen-bond donors (Lipinski definition) is 1. The van der Waals surface area contributed by atoms with Gasteiger partial charge in [0.25, 0.3) is 0 Å². The van der Waals surface area contributed by atoms with Crippen molar-refractivity contribution in [3.05, 3.63) is 90.8 Å². The van der Waals surface area contributed by atoms with Gasteiger partial charge in [-0.25, -0.2) is 19.1 Å². The molecule has 0 saturated heterocycles. The summed E-state index contributed by atoms with van der Waals surface area (Å²) in [6.07, 6.45) is 10.2. The van der Waals surface area contributed by atoms with Crippen LogP contribution in [0.2, 0.25) is 0 Å². The second-order valence-corrected chi connectivity index (χ2v) is 10.7. The summed E-state index contributed by atoms with van der Waals surface area (Å²) in [4.78, 5) is 4.55. The molecule has 0 amide bonds. The molecule has 1 aromatic carbocycles. The number of halogens is 1. The van der Waals surface area contributed by atoms with E-state index in [2.05, 4.69) is 77.2 Å². The zero-order valence-corrected chi connectivity index (χ0v) is 25.5. The van der Waals surface area contributed by atoms with E-state index in [1.807, 2.05) is 44.2 Å². The Morgan fingerprint density at radius 1 is 1.24 bits per heavy atom. The van der Waals surface area contributed by atoms with Crippen molar-refractivity contribution in [2.75, 3.05) is 13.1 Å². The van der Waals surface area contributed by atoms with Crippen molar-refractivity contribution in [3.63, 3.8) is 0 Å². The number of nitrogens with zero attached hydrogens (tertiary/aromatic N) is 6. The smallest absolute Gasteiger partial charge is 0.129 e. The van der Waals surface area contributed by atoms with Crippen LogP contribution in [0.1, 0.15) is 73.1 Å². The van der Waals surface area contributed by atoms with E-state index in [9.17, 15) is 0 Å². The van der Waals surface area contributed by atoms with Gasteiger partial charge in [-0.15, -0.1) is 5.10 Å². The van der Waals surface area contributed by atoms with E-state index in [0.717, 1.165) is 59.5 Å². The molecule has 1 aliphatic rings. The van der Waals surface area contributed by atoms with Gasteiger partial charge in [-0.3, -0.25) is 0 Å². The van der Waals surface area contributed by atoms with Crippen molar-refractivity contribution in [1.29, 1.82) is 0 Å². The third kappa shape index (κ3) is 8.36.